The Balaban J connectivity index is 1.29. The highest BCUT2D eigenvalue weighted by atomic mass is 19.1. The van der Waals surface area contributed by atoms with Gasteiger partial charge in [-0.3, -0.25) is 24.0 Å². The van der Waals surface area contributed by atoms with Crippen molar-refractivity contribution in [3.8, 4) is 11.4 Å². The first-order valence-electron chi connectivity index (χ1n) is 18.6. The smallest absolute Gasteiger partial charge is 0.329 e. The number of amides is 3. The average molecular weight is 761 g/mol. The number of hydrogen-bond acceptors (Lipinski definition) is 11. The monoisotopic (exact) mass is 760 g/mol. The summed E-state index contributed by atoms with van der Waals surface area (Å²) < 4.78 is 28.0. The third kappa shape index (κ3) is 12.0. The zero-order valence-corrected chi connectivity index (χ0v) is 31.3. The molecule has 5 rings (SSSR count). The molecule has 0 aromatic carbocycles. The van der Waals surface area contributed by atoms with Crippen molar-refractivity contribution in [2.45, 2.75) is 90.3 Å². The first-order valence-corrected chi connectivity index (χ1v) is 18.6. The molecule has 5 unspecified atom stereocenters. The van der Waals surface area contributed by atoms with Gasteiger partial charge in [-0.2, -0.15) is 0 Å². The third-order valence-corrected chi connectivity index (χ3v) is 9.28. The number of hydrogen-bond donors (Lipinski definition) is 3. The number of alkyl halides is 1. The molecule has 0 spiro atoms. The van der Waals surface area contributed by atoms with Crippen molar-refractivity contribution in [3.63, 3.8) is 0 Å². The largest absolute Gasteiger partial charge is 0.460 e. The summed E-state index contributed by atoms with van der Waals surface area (Å²) in [6.45, 7) is 6.73. The summed E-state index contributed by atoms with van der Waals surface area (Å²) in [5.41, 5.74) is 1.95. The van der Waals surface area contributed by atoms with Crippen LogP contribution in [0, 0.1) is 11.8 Å². The fourth-order valence-electron chi connectivity index (χ4n) is 6.56. The molecule has 1 saturated heterocycles. The molecule has 3 aromatic heterocycles. The SMILES string of the molecule is CC1=CC(O)CC(F)Cc2nc(co2)C(=O)N2CCCC2C(=O)OC(C(C)C)C(CC(=O)NCCCn2cc(-c3ccccn3)nn2)/C=C/C(=O)NCC=C1. The predicted molar refractivity (Wildman–Crippen MR) is 199 cm³/mol. The average Bonchev–Trinajstić information content (AvgIpc) is 3.94. The standard InChI is InChI=1S/C39H49FN8O7/c1-25(2)37-27(20-35(51)43-16-8-17-47-23-31(45-46-47)30-10-4-5-14-41-30)12-13-34(50)42-15-6-9-26(3)19-29(49)21-28(40)22-36-44-32(24-54-36)38(52)48-18-7-11-33(48)39(53)55-37/h4-6,9-10,12-14,19,23-25,27-29,33,37,49H,7-8,11,15-18,20-22H2,1-3H3,(H,42,50)(H,43,51)/b9-6?,13-12+,26-19?. The molecule has 294 valence electrons. The van der Waals surface area contributed by atoms with Gasteiger partial charge in [-0.05, 0) is 50.3 Å². The van der Waals surface area contributed by atoms with Gasteiger partial charge in [0.2, 0.25) is 11.8 Å². The Morgan fingerprint density at radius 2 is 2.00 bits per heavy atom. The summed E-state index contributed by atoms with van der Waals surface area (Å²) in [5, 5.41) is 24.4. The van der Waals surface area contributed by atoms with Crippen LogP contribution in [0.1, 0.15) is 69.3 Å². The van der Waals surface area contributed by atoms with Gasteiger partial charge in [0.1, 0.15) is 30.3 Å². The molecule has 2 bridgehead atoms. The van der Waals surface area contributed by atoms with Gasteiger partial charge in [0.15, 0.2) is 11.6 Å². The minimum absolute atomic E-state index is 0.00276. The summed E-state index contributed by atoms with van der Waals surface area (Å²) in [6.07, 6.45) is 9.89. The summed E-state index contributed by atoms with van der Waals surface area (Å²) in [4.78, 5) is 63.3. The van der Waals surface area contributed by atoms with Crippen LogP contribution >= 0.6 is 0 Å². The molecule has 5 heterocycles. The summed E-state index contributed by atoms with van der Waals surface area (Å²) in [6, 6.07) is 4.62. The van der Waals surface area contributed by atoms with Crippen LogP contribution in [0.5, 0.6) is 0 Å². The molecule has 3 N–H and O–H groups in total. The van der Waals surface area contributed by atoms with Crippen molar-refractivity contribution in [1.82, 2.24) is 40.5 Å². The van der Waals surface area contributed by atoms with E-state index in [9.17, 15) is 28.7 Å². The second-order valence-electron chi connectivity index (χ2n) is 14.1. The minimum Gasteiger partial charge on any atom is -0.460 e. The lowest BCUT2D eigenvalue weighted by molar-refractivity contribution is -0.159. The molecule has 3 amide bonds. The first kappa shape index (κ1) is 40.7. The lowest BCUT2D eigenvalue weighted by Crippen LogP contribution is -2.44. The number of carbonyl (C=O) groups is 4. The second-order valence-corrected chi connectivity index (χ2v) is 14.1. The van der Waals surface area contributed by atoms with Crippen molar-refractivity contribution in [3.05, 3.63) is 84.4 Å². The Kier molecular flexibility index (Phi) is 14.6. The van der Waals surface area contributed by atoms with Crippen LogP contribution in [0.2, 0.25) is 0 Å². The molecule has 55 heavy (non-hydrogen) atoms. The van der Waals surface area contributed by atoms with E-state index in [4.69, 9.17) is 9.15 Å². The van der Waals surface area contributed by atoms with E-state index in [0.29, 0.717) is 49.3 Å². The number of cyclic esters (lactones) is 1. The maximum Gasteiger partial charge on any atom is 0.329 e. The van der Waals surface area contributed by atoms with Gasteiger partial charge in [0.25, 0.3) is 5.91 Å². The zero-order chi connectivity index (χ0) is 39.3. The van der Waals surface area contributed by atoms with E-state index in [2.05, 4.69) is 30.9 Å². The number of nitrogens with zero attached hydrogens (tertiary/aromatic N) is 6. The number of aromatic nitrogens is 5. The molecule has 2 aliphatic rings. The molecular weight excluding hydrogens is 711 g/mol. The van der Waals surface area contributed by atoms with E-state index in [-0.39, 0.29) is 55.8 Å². The highest BCUT2D eigenvalue weighted by Crippen LogP contribution is 2.27. The number of fused-ring (bicyclic) bond motifs is 3. The molecule has 1 fully saturated rings. The van der Waals surface area contributed by atoms with Gasteiger partial charge in [-0.1, -0.05) is 55.0 Å². The van der Waals surface area contributed by atoms with E-state index in [0.717, 1.165) is 6.26 Å². The topological polar surface area (TPSA) is 195 Å². The number of esters is 1. The number of carbonyl (C=O) groups excluding carboxylic acids is 4. The molecule has 5 atom stereocenters. The van der Waals surface area contributed by atoms with E-state index < -0.39 is 48.1 Å². The maximum atomic E-state index is 14.8. The molecule has 0 aliphatic carbocycles. The van der Waals surface area contributed by atoms with Crippen LogP contribution in [0.3, 0.4) is 0 Å². The number of ether oxygens (including phenoxy) is 1. The van der Waals surface area contributed by atoms with Crippen molar-refractivity contribution < 1.29 is 37.8 Å². The maximum absolute atomic E-state index is 14.8. The van der Waals surface area contributed by atoms with E-state index >= 15 is 0 Å². The summed E-state index contributed by atoms with van der Waals surface area (Å²) in [7, 11) is 0. The summed E-state index contributed by atoms with van der Waals surface area (Å²) in [5.74, 6) is -2.88. The van der Waals surface area contributed by atoms with Gasteiger partial charge in [0.05, 0.1) is 24.4 Å². The van der Waals surface area contributed by atoms with Crippen LogP contribution in [-0.4, -0.2) is 103 Å². The zero-order valence-electron chi connectivity index (χ0n) is 31.3. The Labute approximate surface area is 319 Å². The molecule has 0 radical (unpaired) electrons. The Bertz CT molecular complexity index is 1860. The predicted octanol–water partition coefficient (Wildman–Crippen LogP) is 3.53. The number of aryl methyl sites for hydroxylation is 1. The van der Waals surface area contributed by atoms with Gasteiger partial charge in [-0.15, -0.1) is 5.10 Å². The highest BCUT2D eigenvalue weighted by molar-refractivity contribution is 5.95. The molecular formula is C39H49FN8O7. The molecule has 16 heteroatoms. The first-order chi connectivity index (χ1) is 26.5. The molecule has 2 aliphatic heterocycles. The Hall–Kier alpha value is -5.51. The second kappa shape index (κ2) is 19.7. The highest BCUT2D eigenvalue weighted by Gasteiger charge is 2.39. The third-order valence-electron chi connectivity index (χ3n) is 9.28. The van der Waals surface area contributed by atoms with Crippen LogP contribution in [0.4, 0.5) is 4.39 Å². The van der Waals surface area contributed by atoms with Gasteiger partial charge in [0, 0.05) is 51.1 Å². The number of rotatable bonds is 8. The van der Waals surface area contributed by atoms with Crippen LogP contribution in [0.25, 0.3) is 11.4 Å². The van der Waals surface area contributed by atoms with Crippen molar-refractivity contribution >= 4 is 23.7 Å². The van der Waals surface area contributed by atoms with Crippen molar-refractivity contribution in [2.75, 3.05) is 19.6 Å². The Morgan fingerprint density at radius 1 is 1.16 bits per heavy atom. The molecule has 15 nitrogen and oxygen atoms in total. The van der Waals surface area contributed by atoms with Gasteiger partial charge >= 0.3 is 5.97 Å². The van der Waals surface area contributed by atoms with Crippen LogP contribution < -0.4 is 10.6 Å². The minimum atomic E-state index is -1.50. The van der Waals surface area contributed by atoms with E-state index in [1.54, 1.807) is 42.2 Å². The fourth-order valence-corrected chi connectivity index (χ4v) is 6.56. The van der Waals surface area contributed by atoms with E-state index in [1.165, 1.54) is 17.1 Å². The fraction of sp³-hybridized carbons (Fsp3) is 0.487. The van der Waals surface area contributed by atoms with E-state index in [1.807, 2.05) is 32.0 Å². The van der Waals surface area contributed by atoms with Gasteiger partial charge in [-0.25, -0.2) is 14.2 Å². The Morgan fingerprint density at radius 3 is 2.78 bits per heavy atom. The summed E-state index contributed by atoms with van der Waals surface area (Å²) >= 11 is 0. The normalized spacial score (nSPS) is 23.8. The van der Waals surface area contributed by atoms with Crippen molar-refractivity contribution in [2.24, 2.45) is 11.8 Å². The lowest BCUT2D eigenvalue weighted by Gasteiger charge is -2.31. The lowest BCUT2D eigenvalue weighted by atomic mass is 9.89. The van der Waals surface area contributed by atoms with Gasteiger partial charge < -0.3 is 29.8 Å². The number of nitrogens with one attached hydrogen (secondary N) is 2. The van der Waals surface area contributed by atoms with Crippen LogP contribution in [-0.2, 0) is 32.1 Å². The van der Waals surface area contributed by atoms with Crippen LogP contribution in [0.15, 0.2) is 77.2 Å². The molecule has 3 aromatic rings. The number of aliphatic hydroxyl groups excluding tert-OH is 1. The van der Waals surface area contributed by atoms with Crippen molar-refractivity contribution in [1.29, 1.82) is 0 Å². The number of oxazole rings is 1. The number of pyridine rings is 1. The number of halogens is 1. The quantitative estimate of drug-likeness (QED) is 0.225. The number of allylic oxidation sites excluding steroid dienone is 2. The molecule has 0 saturated carbocycles. The number of aliphatic hydroxyl groups is 1.